The van der Waals surface area contributed by atoms with Gasteiger partial charge in [0.05, 0.1) is 4.92 Å². The number of nitrogens with one attached hydrogen (secondary N) is 2. The van der Waals surface area contributed by atoms with Gasteiger partial charge in [-0.1, -0.05) is 13.3 Å². The van der Waals surface area contributed by atoms with Crippen molar-refractivity contribution in [2.75, 3.05) is 17.7 Å². The smallest absolute Gasteiger partial charge is 0.329 e. The van der Waals surface area contributed by atoms with Crippen molar-refractivity contribution in [3.05, 3.63) is 16.3 Å². The molecule has 1 aromatic rings. The average molecular weight is 251 g/mol. The standard InChI is InChI=1S/C11H17N5O2/c1-7-4-3-5-8(7)14-10-9(16(17)18)6-13-11(12-2)15-10/h6-8H,3-5H2,1-2H3,(H2,12,13,14,15). The SMILES string of the molecule is CNc1ncc([N+](=O)[O-])c(NC2CCCC2C)n1. The second-order valence-electron chi connectivity index (χ2n) is 4.59. The van der Waals surface area contributed by atoms with E-state index >= 15 is 0 Å². The fourth-order valence-electron chi connectivity index (χ4n) is 2.27. The Bertz CT molecular complexity index is 451. The van der Waals surface area contributed by atoms with Crippen LogP contribution in [0.5, 0.6) is 0 Å². The molecule has 7 heteroatoms. The lowest BCUT2D eigenvalue weighted by Gasteiger charge is -2.17. The highest BCUT2D eigenvalue weighted by atomic mass is 16.6. The van der Waals surface area contributed by atoms with Crippen LogP contribution in [0.15, 0.2) is 6.20 Å². The first-order valence-corrected chi connectivity index (χ1v) is 6.07. The zero-order valence-electron chi connectivity index (χ0n) is 10.5. The molecule has 1 fully saturated rings. The first kappa shape index (κ1) is 12.5. The minimum Gasteiger partial charge on any atom is -0.361 e. The van der Waals surface area contributed by atoms with Gasteiger partial charge in [0.15, 0.2) is 0 Å². The molecule has 2 N–H and O–H groups in total. The van der Waals surface area contributed by atoms with E-state index < -0.39 is 4.92 Å². The van der Waals surface area contributed by atoms with E-state index in [-0.39, 0.29) is 11.7 Å². The Morgan fingerprint density at radius 2 is 2.28 bits per heavy atom. The number of rotatable bonds is 4. The summed E-state index contributed by atoms with van der Waals surface area (Å²) >= 11 is 0. The van der Waals surface area contributed by atoms with Crippen LogP contribution in [0.2, 0.25) is 0 Å². The normalized spacial score (nSPS) is 22.8. The molecule has 0 aliphatic heterocycles. The second-order valence-corrected chi connectivity index (χ2v) is 4.59. The highest BCUT2D eigenvalue weighted by Crippen LogP contribution is 2.30. The molecule has 1 heterocycles. The van der Waals surface area contributed by atoms with Gasteiger partial charge in [-0.15, -0.1) is 0 Å². The predicted molar refractivity (Wildman–Crippen MR) is 68.7 cm³/mol. The monoisotopic (exact) mass is 251 g/mol. The summed E-state index contributed by atoms with van der Waals surface area (Å²) in [6.45, 7) is 2.15. The van der Waals surface area contributed by atoms with Crippen LogP contribution in [0, 0.1) is 16.0 Å². The largest absolute Gasteiger partial charge is 0.361 e. The van der Waals surface area contributed by atoms with Gasteiger partial charge in [-0.05, 0) is 18.8 Å². The Kier molecular flexibility index (Phi) is 3.59. The Labute approximate surface area is 105 Å². The number of aromatic nitrogens is 2. The van der Waals surface area contributed by atoms with Crippen molar-refractivity contribution in [2.24, 2.45) is 5.92 Å². The topological polar surface area (TPSA) is 93.0 Å². The van der Waals surface area contributed by atoms with Gasteiger partial charge in [0.2, 0.25) is 11.8 Å². The summed E-state index contributed by atoms with van der Waals surface area (Å²) in [7, 11) is 1.68. The second kappa shape index (κ2) is 5.16. The molecule has 0 aromatic carbocycles. The summed E-state index contributed by atoms with van der Waals surface area (Å²) in [4.78, 5) is 18.5. The van der Waals surface area contributed by atoms with Crippen LogP contribution in [0.25, 0.3) is 0 Å². The van der Waals surface area contributed by atoms with Gasteiger partial charge in [0.1, 0.15) is 6.20 Å². The van der Waals surface area contributed by atoms with E-state index in [4.69, 9.17) is 0 Å². The molecule has 98 valence electrons. The van der Waals surface area contributed by atoms with Crippen molar-refractivity contribution in [1.82, 2.24) is 9.97 Å². The molecule has 2 rings (SSSR count). The molecule has 18 heavy (non-hydrogen) atoms. The van der Waals surface area contributed by atoms with Crippen LogP contribution in [-0.2, 0) is 0 Å². The maximum Gasteiger partial charge on any atom is 0.329 e. The number of anilines is 2. The number of hydrogen-bond acceptors (Lipinski definition) is 6. The maximum absolute atomic E-state index is 10.9. The fraction of sp³-hybridized carbons (Fsp3) is 0.636. The molecule has 2 atom stereocenters. The van der Waals surface area contributed by atoms with Crippen molar-refractivity contribution in [3.63, 3.8) is 0 Å². The van der Waals surface area contributed by atoms with Crippen LogP contribution < -0.4 is 10.6 Å². The van der Waals surface area contributed by atoms with Crippen molar-refractivity contribution in [2.45, 2.75) is 32.2 Å². The first-order valence-electron chi connectivity index (χ1n) is 6.07. The molecule has 2 unspecified atom stereocenters. The Hall–Kier alpha value is -1.92. The summed E-state index contributed by atoms with van der Waals surface area (Å²) in [6, 6.07) is 0.253. The summed E-state index contributed by atoms with van der Waals surface area (Å²) < 4.78 is 0. The van der Waals surface area contributed by atoms with Gasteiger partial charge < -0.3 is 10.6 Å². The van der Waals surface area contributed by atoms with E-state index in [0.29, 0.717) is 17.7 Å². The molecule has 1 aromatic heterocycles. The number of nitrogens with zero attached hydrogens (tertiary/aromatic N) is 3. The minimum absolute atomic E-state index is 0.0758. The lowest BCUT2D eigenvalue weighted by atomic mass is 10.1. The van der Waals surface area contributed by atoms with Crippen LogP contribution in [0.4, 0.5) is 17.5 Å². The summed E-state index contributed by atoms with van der Waals surface area (Å²) in [5.41, 5.74) is -0.0758. The average Bonchev–Trinajstić information content (AvgIpc) is 2.74. The third-order valence-corrected chi connectivity index (χ3v) is 3.37. The minimum atomic E-state index is -0.457. The van der Waals surface area contributed by atoms with Crippen molar-refractivity contribution in [1.29, 1.82) is 0 Å². The van der Waals surface area contributed by atoms with Gasteiger partial charge in [-0.3, -0.25) is 10.1 Å². The van der Waals surface area contributed by atoms with E-state index in [0.717, 1.165) is 19.3 Å². The first-order chi connectivity index (χ1) is 8.61. The Balaban J connectivity index is 2.25. The maximum atomic E-state index is 10.9. The van der Waals surface area contributed by atoms with Crippen molar-refractivity contribution < 1.29 is 4.92 Å². The molecular weight excluding hydrogens is 234 g/mol. The van der Waals surface area contributed by atoms with Crippen LogP contribution >= 0.6 is 0 Å². The van der Waals surface area contributed by atoms with Crippen molar-refractivity contribution in [3.8, 4) is 0 Å². The third kappa shape index (κ3) is 2.49. The van der Waals surface area contributed by atoms with Gasteiger partial charge >= 0.3 is 5.69 Å². The van der Waals surface area contributed by atoms with Gasteiger partial charge in [0, 0.05) is 13.1 Å². The number of nitro groups is 1. The molecular formula is C11H17N5O2. The molecule has 1 aliphatic carbocycles. The molecule has 1 aliphatic rings. The highest BCUT2D eigenvalue weighted by Gasteiger charge is 2.27. The molecule has 0 spiro atoms. The number of hydrogen-bond donors (Lipinski definition) is 2. The zero-order valence-corrected chi connectivity index (χ0v) is 10.5. The fourth-order valence-corrected chi connectivity index (χ4v) is 2.27. The van der Waals surface area contributed by atoms with Crippen molar-refractivity contribution >= 4 is 17.5 Å². The Morgan fingerprint density at radius 3 is 2.83 bits per heavy atom. The predicted octanol–water partition coefficient (Wildman–Crippen LogP) is 2.03. The van der Waals surface area contributed by atoms with E-state index in [2.05, 4.69) is 27.5 Å². The lowest BCUT2D eigenvalue weighted by Crippen LogP contribution is -2.23. The Morgan fingerprint density at radius 1 is 1.50 bits per heavy atom. The molecule has 0 amide bonds. The van der Waals surface area contributed by atoms with Gasteiger partial charge in [-0.2, -0.15) is 4.98 Å². The van der Waals surface area contributed by atoms with E-state index in [1.165, 1.54) is 6.20 Å². The quantitative estimate of drug-likeness (QED) is 0.628. The van der Waals surface area contributed by atoms with E-state index in [1.54, 1.807) is 7.05 Å². The third-order valence-electron chi connectivity index (χ3n) is 3.37. The molecule has 1 saturated carbocycles. The molecule has 7 nitrogen and oxygen atoms in total. The van der Waals surface area contributed by atoms with Crippen LogP contribution in [-0.4, -0.2) is 28.0 Å². The summed E-state index contributed by atoms with van der Waals surface area (Å²) in [5, 5.41) is 16.9. The summed E-state index contributed by atoms with van der Waals surface area (Å²) in [6.07, 6.45) is 4.56. The zero-order chi connectivity index (χ0) is 13.1. The highest BCUT2D eigenvalue weighted by molar-refractivity contribution is 5.57. The lowest BCUT2D eigenvalue weighted by molar-refractivity contribution is -0.384. The van der Waals surface area contributed by atoms with E-state index in [9.17, 15) is 10.1 Å². The van der Waals surface area contributed by atoms with Crippen LogP contribution in [0.1, 0.15) is 26.2 Å². The molecule has 0 saturated heterocycles. The molecule has 0 bridgehead atoms. The van der Waals surface area contributed by atoms with Gasteiger partial charge in [0.25, 0.3) is 0 Å². The summed E-state index contributed by atoms with van der Waals surface area (Å²) in [5.74, 6) is 1.20. The van der Waals surface area contributed by atoms with E-state index in [1.807, 2.05) is 0 Å². The van der Waals surface area contributed by atoms with Crippen LogP contribution in [0.3, 0.4) is 0 Å². The van der Waals surface area contributed by atoms with Gasteiger partial charge in [-0.25, -0.2) is 4.98 Å². The molecule has 0 radical (unpaired) electrons.